The van der Waals surface area contributed by atoms with E-state index in [0.717, 1.165) is 80.4 Å². The van der Waals surface area contributed by atoms with Crippen LogP contribution in [-0.4, -0.2) is 101 Å². The van der Waals surface area contributed by atoms with Crippen molar-refractivity contribution < 1.29 is 19.0 Å². The Bertz CT molecular complexity index is 1350. The monoisotopic (exact) mass is 590 g/mol. The number of nitrogens with zero attached hydrogens (tertiary/aromatic N) is 6. The van der Waals surface area contributed by atoms with Crippen LogP contribution in [0.25, 0.3) is 0 Å². The predicted octanol–water partition coefficient (Wildman–Crippen LogP) is 4.69. The van der Waals surface area contributed by atoms with E-state index in [0.29, 0.717) is 32.3 Å². The van der Waals surface area contributed by atoms with E-state index in [9.17, 15) is 4.79 Å². The average Bonchev–Trinajstić information content (AvgIpc) is 3.54. The summed E-state index contributed by atoms with van der Waals surface area (Å²) in [5.41, 5.74) is 3.62. The molecular weight excluding hydrogens is 544 g/mol. The molecule has 4 heterocycles. The molecule has 1 aliphatic carbocycles. The summed E-state index contributed by atoms with van der Waals surface area (Å²) in [6.45, 7) is 16.5. The lowest BCUT2D eigenvalue weighted by atomic mass is 10.0. The summed E-state index contributed by atoms with van der Waals surface area (Å²) in [6.07, 6.45) is 5.54. The van der Waals surface area contributed by atoms with E-state index < -0.39 is 5.60 Å². The number of ether oxygens (including phenoxy) is 3. The van der Waals surface area contributed by atoms with Crippen LogP contribution in [0, 0.1) is 0 Å². The Hall–Kier alpha value is -3.24. The summed E-state index contributed by atoms with van der Waals surface area (Å²) in [5, 5.41) is 0. The summed E-state index contributed by atoms with van der Waals surface area (Å²) < 4.78 is 18.0. The van der Waals surface area contributed by atoms with E-state index in [4.69, 9.17) is 19.2 Å². The number of aromatic nitrogens is 2. The van der Waals surface area contributed by atoms with E-state index in [2.05, 4.69) is 57.9 Å². The van der Waals surface area contributed by atoms with Crippen LogP contribution >= 0.6 is 0 Å². The first-order chi connectivity index (χ1) is 20.6. The second-order valence-corrected chi connectivity index (χ2v) is 13.7. The van der Waals surface area contributed by atoms with Crippen molar-refractivity contribution in [2.45, 2.75) is 90.2 Å². The fourth-order valence-electron chi connectivity index (χ4n) is 6.06. The number of hydrogen-bond donors (Lipinski definition) is 0. The first-order valence-electron chi connectivity index (χ1n) is 15.8. The molecule has 2 saturated heterocycles. The van der Waals surface area contributed by atoms with Gasteiger partial charge in [0.05, 0.1) is 30.7 Å². The Morgan fingerprint density at radius 1 is 1.07 bits per heavy atom. The van der Waals surface area contributed by atoms with Crippen molar-refractivity contribution in [3.63, 3.8) is 0 Å². The van der Waals surface area contributed by atoms with Gasteiger partial charge in [-0.1, -0.05) is 6.07 Å². The van der Waals surface area contributed by atoms with Crippen LogP contribution in [0.5, 0.6) is 5.75 Å². The molecule has 1 saturated carbocycles. The smallest absolute Gasteiger partial charge is 0.410 e. The molecule has 3 fully saturated rings. The van der Waals surface area contributed by atoms with Crippen molar-refractivity contribution in [1.82, 2.24) is 19.8 Å². The third-order valence-electron chi connectivity index (χ3n) is 8.87. The van der Waals surface area contributed by atoms with E-state index in [-0.39, 0.29) is 17.8 Å². The quantitative estimate of drug-likeness (QED) is 0.438. The van der Waals surface area contributed by atoms with Gasteiger partial charge in [0.15, 0.2) is 0 Å². The van der Waals surface area contributed by atoms with Gasteiger partial charge in [0.2, 0.25) is 0 Å². The number of amides is 1. The van der Waals surface area contributed by atoms with Gasteiger partial charge in [-0.3, -0.25) is 9.89 Å². The van der Waals surface area contributed by atoms with Crippen LogP contribution in [0.1, 0.15) is 77.1 Å². The Morgan fingerprint density at radius 2 is 1.86 bits per heavy atom. The van der Waals surface area contributed by atoms with Crippen LogP contribution in [0.3, 0.4) is 0 Å². The number of likely N-dealkylation sites (tertiary alicyclic amines) is 1. The van der Waals surface area contributed by atoms with E-state index in [1.807, 2.05) is 20.8 Å². The SMILES string of the molecule is C[C@H]1CN(c2cc(C3=NCc4ccc(OC5(C)CC5)cc43)ncn2)CCN1CCOC1CCN(C(=O)OC(C)(C)C)CC1. The number of piperazine rings is 1. The number of benzene rings is 1. The number of anilines is 1. The van der Waals surface area contributed by atoms with Crippen molar-refractivity contribution in [1.29, 1.82) is 0 Å². The van der Waals surface area contributed by atoms with Gasteiger partial charge in [0, 0.05) is 56.9 Å². The molecule has 4 aliphatic rings. The molecule has 1 aromatic heterocycles. The molecule has 3 aliphatic heterocycles. The molecular formula is C33H46N6O4. The van der Waals surface area contributed by atoms with Crippen molar-refractivity contribution in [2.75, 3.05) is 50.8 Å². The van der Waals surface area contributed by atoms with E-state index in [1.54, 1.807) is 11.2 Å². The number of carbonyl (C=O) groups excluding carboxylic acids is 1. The highest BCUT2D eigenvalue weighted by atomic mass is 16.6. The second kappa shape index (κ2) is 12.0. The van der Waals surface area contributed by atoms with Crippen LogP contribution in [-0.2, 0) is 16.0 Å². The Balaban J connectivity index is 0.981. The van der Waals surface area contributed by atoms with Gasteiger partial charge < -0.3 is 24.0 Å². The number of aliphatic imine (C=N–C) groups is 1. The predicted molar refractivity (Wildman–Crippen MR) is 166 cm³/mol. The molecule has 6 rings (SSSR count). The van der Waals surface area contributed by atoms with Crippen LogP contribution < -0.4 is 9.64 Å². The topological polar surface area (TPSA) is 92.6 Å². The summed E-state index contributed by atoms with van der Waals surface area (Å²) in [6, 6.07) is 8.77. The molecule has 43 heavy (non-hydrogen) atoms. The molecule has 1 aromatic carbocycles. The van der Waals surface area contributed by atoms with Crippen LogP contribution in [0.15, 0.2) is 35.6 Å². The molecule has 0 spiro atoms. The normalized spacial score (nSPS) is 22.3. The maximum atomic E-state index is 12.3. The minimum absolute atomic E-state index is 0.0156. The zero-order valence-electron chi connectivity index (χ0n) is 26.3. The molecule has 10 heteroatoms. The molecule has 1 amide bonds. The summed E-state index contributed by atoms with van der Waals surface area (Å²) in [4.78, 5) is 33.1. The lowest BCUT2D eigenvalue weighted by molar-refractivity contribution is -0.0184. The first-order valence-corrected chi connectivity index (χ1v) is 15.8. The largest absolute Gasteiger partial charge is 0.488 e. The molecule has 0 unspecified atom stereocenters. The van der Waals surface area contributed by atoms with Gasteiger partial charge in [-0.15, -0.1) is 0 Å². The van der Waals surface area contributed by atoms with Crippen LogP contribution in [0.2, 0.25) is 0 Å². The highest BCUT2D eigenvalue weighted by Crippen LogP contribution is 2.40. The standard InChI is InChI=1S/C33H46N6O4/c1-23-21-39(15-14-37(23)16-17-41-25-8-12-38(13-9-25)31(40)43-32(2,3)4)29-19-28(35-22-36-29)30-27-18-26(42-33(5)10-11-33)7-6-24(27)20-34-30/h6-7,18-19,22-23,25H,8-17,20-21H2,1-5H3/t23-/m0/s1. The van der Waals surface area contributed by atoms with Gasteiger partial charge in [-0.2, -0.15) is 0 Å². The molecule has 0 bridgehead atoms. The fourth-order valence-corrected chi connectivity index (χ4v) is 6.06. The Morgan fingerprint density at radius 3 is 2.58 bits per heavy atom. The fraction of sp³-hybridized carbons (Fsp3) is 0.636. The molecule has 2 aromatic rings. The Labute approximate surface area is 255 Å². The van der Waals surface area contributed by atoms with Gasteiger partial charge in [0.1, 0.15) is 29.1 Å². The molecule has 232 valence electrons. The molecule has 0 radical (unpaired) electrons. The summed E-state index contributed by atoms with van der Waals surface area (Å²) in [7, 11) is 0. The average molecular weight is 591 g/mol. The third-order valence-corrected chi connectivity index (χ3v) is 8.87. The summed E-state index contributed by atoms with van der Waals surface area (Å²) >= 11 is 0. The van der Waals surface area contributed by atoms with Gasteiger partial charge >= 0.3 is 6.09 Å². The van der Waals surface area contributed by atoms with E-state index >= 15 is 0 Å². The number of fused-ring (bicyclic) bond motifs is 1. The van der Waals surface area contributed by atoms with Crippen LogP contribution in [0.4, 0.5) is 10.6 Å². The second-order valence-electron chi connectivity index (χ2n) is 13.7. The van der Waals surface area contributed by atoms with E-state index in [1.165, 1.54) is 5.56 Å². The first kappa shape index (κ1) is 29.8. The molecule has 0 N–H and O–H groups in total. The Kier molecular flexibility index (Phi) is 8.35. The lowest BCUT2D eigenvalue weighted by Crippen LogP contribution is -2.53. The van der Waals surface area contributed by atoms with Crippen molar-refractivity contribution in [2.24, 2.45) is 4.99 Å². The van der Waals surface area contributed by atoms with Crippen molar-refractivity contribution >= 4 is 17.6 Å². The highest BCUT2D eigenvalue weighted by molar-refractivity contribution is 6.14. The molecule has 10 nitrogen and oxygen atoms in total. The number of carbonyl (C=O) groups is 1. The number of hydrogen-bond acceptors (Lipinski definition) is 9. The number of piperidine rings is 1. The zero-order chi connectivity index (χ0) is 30.2. The zero-order valence-corrected chi connectivity index (χ0v) is 26.3. The minimum atomic E-state index is -0.467. The minimum Gasteiger partial charge on any atom is -0.488 e. The van der Waals surface area contributed by atoms with Gasteiger partial charge in [-0.05, 0) is 78.0 Å². The maximum Gasteiger partial charge on any atom is 0.410 e. The van der Waals surface area contributed by atoms with Crippen molar-refractivity contribution in [3.05, 3.63) is 47.4 Å². The third kappa shape index (κ3) is 7.29. The maximum absolute atomic E-state index is 12.3. The summed E-state index contributed by atoms with van der Waals surface area (Å²) in [5.74, 6) is 1.85. The lowest BCUT2D eigenvalue weighted by Gasteiger charge is -2.40. The number of rotatable bonds is 8. The van der Waals surface area contributed by atoms with Gasteiger partial charge in [0.25, 0.3) is 0 Å². The molecule has 1 atom stereocenters. The van der Waals surface area contributed by atoms with Gasteiger partial charge in [-0.25, -0.2) is 14.8 Å². The van der Waals surface area contributed by atoms with Crippen molar-refractivity contribution in [3.8, 4) is 5.75 Å². The highest BCUT2D eigenvalue weighted by Gasteiger charge is 2.40.